The Labute approximate surface area is 206 Å². The maximum atomic E-state index is 12.1. The lowest BCUT2D eigenvalue weighted by atomic mass is 9.95. The summed E-state index contributed by atoms with van der Waals surface area (Å²) in [5.74, 6) is -0.217. The van der Waals surface area contributed by atoms with Gasteiger partial charge in [0.15, 0.2) is 5.13 Å². The van der Waals surface area contributed by atoms with Gasteiger partial charge in [0.25, 0.3) is 0 Å². The van der Waals surface area contributed by atoms with Gasteiger partial charge in [-0.25, -0.2) is 9.67 Å². The first-order valence-corrected chi connectivity index (χ1v) is 12.1. The Morgan fingerprint density at radius 2 is 1.91 bits per heavy atom. The van der Waals surface area contributed by atoms with Gasteiger partial charge >= 0.3 is 0 Å². The largest absolute Gasteiger partial charge is 0.325 e. The van der Waals surface area contributed by atoms with Crippen molar-refractivity contribution in [2.45, 2.75) is 19.8 Å². The van der Waals surface area contributed by atoms with E-state index in [0.29, 0.717) is 11.7 Å². The number of nitrogens with one attached hydrogen (secondary N) is 2. The van der Waals surface area contributed by atoms with Gasteiger partial charge in [0.2, 0.25) is 11.8 Å². The van der Waals surface area contributed by atoms with Crippen molar-refractivity contribution in [3.8, 4) is 27.5 Å². The highest BCUT2D eigenvalue weighted by atomic mass is 32.1. The van der Waals surface area contributed by atoms with Gasteiger partial charge in [0.05, 0.1) is 34.2 Å². The van der Waals surface area contributed by atoms with E-state index in [1.54, 1.807) is 6.20 Å². The van der Waals surface area contributed by atoms with Crippen LogP contribution in [0.5, 0.6) is 0 Å². The summed E-state index contributed by atoms with van der Waals surface area (Å²) in [5, 5.41) is 11.3. The topological polar surface area (TPSA) is 105 Å². The van der Waals surface area contributed by atoms with Crippen LogP contribution in [0.1, 0.15) is 18.2 Å². The number of carbonyl (C=O) groups excluding carboxylic acids is 2. The molecule has 10 heteroatoms. The summed E-state index contributed by atoms with van der Waals surface area (Å²) in [6.45, 7) is 1.79. The Morgan fingerprint density at radius 1 is 1.11 bits per heavy atom. The average molecular weight is 488 g/mol. The van der Waals surface area contributed by atoms with E-state index >= 15 is 0 Å². The second-order valence-corrected chi connectivity index (χ2v) is 9.64. The molecular formula is C25H25N7O2S. The standard InChI is InChI=1S/C25H25N7O2S/c1-15(33)27-25-29-20-11-10-19-22(16-5-4-12-26-13-16)30-32(23(19)24(20)35-25)18-8-6-17(7-9-18)28-21(34)14-31(2)3/h4-9,12-13H,10-11,14H2,1-3H3,(H,28,34)(H,27,29,33). The van der Waals surface area contributed by atoms with Gasteiger partial charge < -0.3 is 15.5 Å². The molecule has 1 aromatic carbocycles. The van der Waals surface area contributed by atoms with E-state index in [4.69, 9.17) is 5.10 Å². The van der Waals surface area contributed by atoms with Crippen molar-refractivity contribution in [2.75, 3.05) is 31.3 Å². The van der Waals surface area contributed by atoms with Crippen LogP contribution in [0.25, 0.3) is 27.5 Å². The molecule has 0 spiro atoms. The van der Waals surface area contributed by atoms with Crippen molar-refractivity contribution in [3.05, 3.63) is 60.0 Å². The number of amides is 2. The van der Waals surface area contributed by atoms with E-state index < -0.39 is 0 Å². The van der Waals surface area contributed by atoms with Crippen molar-refractivity contribution < 1.29 is 9.59 Å². The van der Waals surface area contributed by atoms with Crippen LogP contribution in [-0.2, 0) is 22.4 Å². The molecule has 1 aliphatic carbocycles. The van der Waals surface area contributed by atoms with Gasteiger partial charge in [-0.2, -0.15) is 5.10 Å². The van der Waals surface area contributed by atoms with Crippen molar-refractivity contribution in [1.82, 2.24) is 24.6 Å². The zero-order chi connectivity index (χ0) is 24.5. The first kappa shape index (κ1) is 22.9. The third-order valence-electron chi connectivity index (χ3n) is 5.58. The van der Waals surface area contributed by atoms with Crippen LogP contribution in [0.4, 0.5) is 10.8 Å². The van der Waals surface area contributed by atoms with Gasteiger partial charge in [0, 0.05) is 36.1 Å². The molecule has 0 fully saturated rings. The average Bonchev–Trinajstić information content (AvgIpc) is 3.40. The number of likely N-dealkylation sites (N-methyl/N-ethyl adjacent to an activating group) is 1. The van der Waals surface area contributed by atoms with Crippen LogP contribution in [-0.4, -0.2) is 57.1 Å². The molecule has 0 atom stereocenters. The molecule has 2 N–H and O–H groups in total. The molecule has 1 aliphatic rings. The molecule has 0 aliphatic heterocycles. The molecule has 0 radical (unpaired) electrons. The van der Waals surface area contributed by atoms with Gasteiger partial charge in [0.1, 0.15) is 0 Å². The number of carbonyl (C=O) groups is 2. The minimum atomic E-state index is -0.146. The van der Waals surface area contributed by atoms with Crippen LogP contribution in [0, 0.1) is 0 Å². The zero-order valence-corrected chi connectivity index (χ0v) is 20.5. The van der Waals surface area contributed by atoms with E-state index in [9.17, 15) is 9.59 Å². The highest BCUT2D eigenvalue weighted by Crippen LogP contribution is 2.44. The van der Waals surface area contributed by atoms with Gasteiger partial charge in [-0.15, -0.1) is 0 Å². The number of nitrogens with zero attached hydrogens (tertiary/aromatic N) is 5. The third kappa shape index (κ3) is 4.71. The minimum absolute atomic E-state index is 0.0714. The molecular weight excluding hydrogens is 462 g/mol. The number of fused-ring (bicyclic) bond motifs is 3. The summed E-state index contributed by atoms with van der Waals surface area (Å²) in [5.41, 5.74) is 6.49. The molecule has 9 nitrogen and oxygen atoms in total. The Hall–Kier alpha value is -3.89. The number of pyridine rings is 1. The maximum Gasteiger partial charge on any atom is 0.238 e. The van der Waals surface area contributed by atoms with Crippen molar-refractivity contribution in [3.63, 3.8) is 0 Å². The van der Waals surface area contributed by atoms with Gasteiger partial charge in [-0.3, -0.25) is 14.6 Å². The van der Waals surface area contributed by atoms with E-state index in [1.807, 2.05) is 66.3 Å². The molecule has 0 saturated heterocycles. The Morgan fingerprint density at radius 3 is 2.60 bits per heavy atom. The number of benzene rings is 1. The van der Waals surface area contributed by atoms with E-state index in [-0.39, 0.29) is 11.8 Å². The predicted octanol–water partition coefficient (Wildman–Crippen LogP) is 3.61. The van der Waals surface area contributed by atoms with Crippen LogP contribution in [0.2, 0.25) is 0 Å². The summed E-state index contributed by atoms with van der Waals surface area (Å²) in [4.78, 5) is 35.5. The molecule has 2 amide bonds. The SMILES string of the molecule is CC(=O)Nc1nc2c(s1)-c1c(c(-c3cccnc3)nn1-c1ccc(NC(=O)CN(C)C)cc1)CC2. The number of aromatic nitrogens is 4. The summed E-state index contributed by atoms with van der Waals surface area (Å²) < 4.78 is 1.93. The van der Waals surface area contributed by atoms with Crippen LogP contribution < -0.4 is 10.6 Å². The number of anilines is 2. The fourth-order valence-corrected chi connectivity index (χ4v) is 5.29. The van der Waals surface area contributed by atoms with Crippen molar-refractivity contribution in [1.29, 1.82) is 0 Å². The lowest BCUT2D eigenvalue weighted by Gasteiger charge is -2.14. The first-order chi connectivity index (χ1) is 16.9. The highest BCUT2D eigenvalue weighted by Gasteiger charge is 2.30. The number of thiazole rings is 1. The molecule has 0 bridgehead atoms. The van der Waals surface area contributed by atoms with Crippen molar-refractivity contribution >= 4 is 34.0 Å². The van der Waals surface area contributed by atoms with Crippen LogP contribution in [0.3, 0.4) is 0 Å². The molecule has 3 aromatic heterocycles. The van der Waals surface area contributed by atoms with Crippen LogP contribution >= 0.6 is 11.3 Å². The Kier molecular flexibility index (Phi) is 6.14. The fourth-order valence-electron chi connectivity index (χ4n) is 4.17. The zero-order valence-electron chi connectivity index (χ0n) is 19.7. The quantitative estimate of drug-likeness (QED) is 0.431. The lowest BCUT2D eigenvalue weighted by molar-refractivity contribution is -0.117. The van der Waals surface area contributed by atoms with Gasteiger partial charge in [-0.05, 0) is 63.3 Å². The second-order valence-electron chi connectivity index (χ2n) is 8.64. The monoisotopic (exact) mass is 487 g/mol. The smallest absolute Gasteiger partial charge is 0.238 e. The summed E-state index contributed by atoms with van der Waals surface area (Å²) in [7, 11) is 3.71. The van der Waals surface area contributed by atoms with E-state index in [0.717, 1.165) is 57.3 Å². The number of rotatable bonds is 6. The summed E-state index contributed by atoms with van der Waals surface area (Å²) in [6.07, 6.45) is 5.13. The normalized spacial score (nSPS) is 12.2. The Balaban J connectivity index is 1.58. The van der Waals surface area contributed by atoms with Crippen molar-refractivity contribution in [2.24, 2.45) is 0 Å². The highest BCUT2D eigenvalue weighted by molar-refractivity contribution is 7.19. The summed E-state index contributed by atoms with van der Waals surface area (Å²) >= 11 is 1.46. The number of hydrogen-bond donors (Lipinski definition) is 2. The fraction of sp³-hybridized carbons (Fsp3) is 0.240. The molecule has 35 heavy (non-hydrogen) atoms. The Bertz CT molecular complexity index is 1390. The van der Waals surface area contributed by atoms with Crippen LogP contribution in [0.15, 0.2) is 48.8 Å². The van der Waals surface area contributed by atoms with E-state index in [2.05, 4.69) is 20.6 Å². The van der Waals surface area contributed by atoms with E-state index in [1.165, 1.54) is 18.3 Å². The molecule has 5 rings (SSSR count). The third-order valence-corrected chi connectivity index (χ3v) is 6.60. The lowest BCUT2D eigenvalue weighted by Crippen LogP contribution is -2.27. The minimum Gasteiger partial charge on any atom is -0.325 e. The first-order valence-electron chi connectivity index (χ1n) is 11.2. The molecule has 178 valence electrons. The molecule has 0 unspecified atom stereocenters. The summed E-state index contributed by atoms with van der Waals surface area (Å²) in [6, 6.07) is 11.5. The number of aryl methyl sites for hydroxylation is 1. The van der Waals surface area contributed by atoms with Gasteiger partial charge in [-0.1, -0.05) is 11.3 Å². The maximum absolute atomic E-state index is 12.1. The predicted molar refractivity (Wildman–Crippen MR) is 137 cm³/mol. The number of hydrogen-bond acceptors (Lipinski definition) is 7. The second kappa shape index (κ2) is 9.40. The molecule has 4 aromatic rings. The molecule has 3 heterocycles. The molecule has 0 saturated carbocycles.